The van der Waals surface area contributed by atoms with E-state index in [1.807, 2.05) is 20.8 Å². The van der Waals surface area contributed by atoms with Gasteiger partial charge in [-0.1, -0.05) is 20.8 Å². The van der Waals surface area contributed by atoms with Crippen LogP contribution in [0.5, 0.6) is 0 Å². The average molecular weight is 269 g/mol. The predicted octanol–water partition coefficient (Wildman–Crippen LogP) is 1.58. The first-order valence-electron chi connectivity index (χ1n) is 6.38. The molecule has 108 valence electrons. The van der Waals surface area contributed by atoms with E-state index in [2.05, 4.69) is 15.6 Å². The minimum absolute atomic E-state index is 0.0462. The van der Waals surface area contributed by atoms with E-state index in [0.717, 1.165) is 0 Å². The highest BCUT2D eigenvalue weighted by Crippen LogP contribution is 2.21. The third-order valence-electron chi connectivity index (χ3n) is 3.03. The summed E-state index contributed by atoms with van der Waals surface area (Å²) in [6.07, 6.45) is 1.88. The monoisotopic (exact) mass is 269 g/mol. The Balaban J connectivity index is 2.47. The minimum atomic E-state index is -0.268. The van der Waals surface area contributed by atoms with E-state index >= 15 is 0 Å². The number of urea groups is 1. The summed E-state index contributed by atoms with van der Waals surface area (Å²) in [6.45, 7) is 8.24. The van der Waals surface area contributed by atoms with Crippen molar-refractivity contribution in [1.82, 2.24) is 15.6 Å². The summed E-state index contributed by atoms with van der Waals surface area (Å²) in [5.74, 6) is 0.697. The second-order valence-corrected chi connectivity index (χ2v) is 5.61. The van der Waals surface area contributed by atoms with E-state index in [9.17, 15) is 4.79 Å². The van der Waals surface area contributed by atoms with Crippen LogP contribution in [-0.2, 0) is 6.54 Å². The molecule has 1 aromatic heterocycles. The van der Waals surface area contributed by atoms with Gasteiger partial charge in [0.1, 0.15) is 11.5 Å². The van der Waals surface area contributed by atoms with Crippen LogP contribution in [0.4, 0.5) is 4.79 Å². The lowest BCUT2D eigenvalue weighted by Crippen LogP contribution is -2.48. The standard InChI is InChI=1S/C13H23N3O3/c1-9-10(15-8-19-9)7-14-12(18)16-11(5-6-17)13(2,3)4/h8,11,17H,5-7H2,1-4H3,(H2,14,16,18)/t11-/m1/s1. The second kappa shape index (κ2) is 6.56. The molecule has 1 heterocycles. The fraction of sp³-hybridized carbons (Fsp3) is 0.692. The molecule has 2 amide bonds. The van der Waals surface area contributed by atoms with E-state index in [-0.39, 0.29) is 24.1 Å². The third-order valence-corrected chi connectivity index (χ3v) is 3.03. The molecule has 0 saturated carbocycles. The van der Waals surface area contributed by atoms with Crippen LogP contribution in [0.3, 0.4) is 0 Å². The number of carbonyl (C=O) groups is 1. The molecule has 6 heteroatoms. The molecule has 0 saturated heterocycles. The summed E-state index contributed by atoms with van der Waals surface area (Å²) in [4.78, 5) is 15.8. The first-order chi connectivity index (χ1) is 8.84. The Kier molecular flexibility index (Phi) is 5.35. The molecule has 0 aliphatic carbocycles. The molecule has 19 heavy (non-hydrogen) atoms. The van der Waals surface area contributed by atoms with E-state index in [0.29, 0.717) is 24.4 Å². The van der Waals surface area contributed by atoms with Gasteiger partial charge in [0, 0.05) is 12.6 Å². The van der Waals surface area contributed by atoms with Crippen LogP contribution in [0.15, 0.2) is 10.8 Å². The van der Waals surface area contributed by atoms with Crippen LogP contribution in [0.25, 0.3) is 0 Å². The predicted molar refractivity (Wildman–Crippen MR) is 71.6 cm³/mol. The van der Waals surface area contributed by atoms with Crippen molar-refractivity contribution in [3.8, 4) is 0 Å². The zero-order chi connectivity index (χ0) is 14.5. The number of nitrogens with one attached hydrogen (secondary N) is 2. The van der Waals surface area contributed by atoms with Crippen molar-refractivity contribution in [1.29, 1.82) is 0 Å². The van der Waals surface area contributed by atoms with Gasteiger partial charge >= 0.3 is 6.03 Å². The average Bonchev–Trinajstić information content (AvgIpc) is 2.70. The van der Waals surface area contributed by atoms with Crippen LogP contribution >= 0.6 is 0 Å². The fourth-order valence-corrected chi connectivity index (χ4v) is 1.72. The van der Waals surface area contributed by atoms with E-state index in [4.69, 9.17) is 9.52 Å². The third kappa shape index (κ3) is 4.90. The van der Waals surface area contributed by atoms with Gasteiger partial charge in [-0.25, -0.2) is 9.78 Å². The smallest absolute Gasteiger partial charge is 0.315 e. The molecule has 1 rings (SSSR count). The topological polar surface area (TPSA) is 87.4 Å². The van der Waals surface area contributed by atoms with Gasteiger partial charge in [0.2, 0.25) is 0 Å². The highest BCUT2D eigenvalue weighted by molar-refractivity contribution is 5.74. The Morgan fingerprint density at radius 3 is 2.68 bits per heavy atom. The molecule has 0 spiro atoms. The Labute approximate surface area is 113 Å². The summed E-state index contributed by atoms with van der Waals surface area (Å²) in [5.41, 5.74) is 0.605. The zero-order valence-corrected chi connectivity index (χ0v) is 12.0. The molecular formula is C13H23N3O3. The zero-order valence-electron chi connectivity index (χ0n) is 12.0. The van der Waals surface area contributed by atoms with Crippen molar-refractivity contribution in [3.63, 3.8) is 0 Å². The Morgan fingerprint density at radius 2 is 2.21 bits per heavy atom. The number of aromatic nitrogens is 1. The highest BCUT2D eigenvalue weighted by atomic mass is 16.3. The number of carbonyl (C=O) groups excluding carboxylic acids is 1. The Morgan fingerprint density at radius 1 is 1.53 bits per heavy atom. The van der Waals surface area contributed by atoms with Gasteiger partial charge in [0.05, 0.1) is 6.54 Å². The molecule has 6 nitrogen and oxygen atoms in total. The van der Waals surface area contributed by atoms with Crippen LogP contribution < -0.4 is 10.6 Å². The fourth-order valence-electron chi connectivity index (χ4n) is 1.72. The molecule has 0 unspecified atom stereocenters. The Hall–Kier alpha value is -1.56. The van der Waals surface area contributed by atoms with Crippen LogP contribution in [0, 0.1) is 12.3 Å². The van der Waals surface area contributed by atoms with E-state index in [1.54, 1.807) is 6.92 Å². The van der Waals surface area contributed by atoms with Gasteiger partial charge in [-0.15, -0.1) is 0 Å². The maximum Gasteiger partial charge on any atom is 0.315 e. The van der Waals surface area contributed by atoms with Gasteiger partial charge < -0.3 is 20.2 Å². The van der Waals surface area contributed by atoms with Gasteiger partial charge in [-0.3, -0.25) is 0 Å². The van der Waals surface area contributed by atoms with Gasteiger partial charge in [0.15, 0.2) is 6.39 Å². The molecule has 0 aliphatic heterocycles. The van der Waals surface area contributed by atoms with Crippen molar-refractivity contribution in [2.24, 2.45) is 5.41 Å². The number of aryl methyl sites for hydroxylation is 1. The maximum atomic E-state index is 11.8. The van der Waals surface area contributed by atoms with Gasteiger partial charge in [0.25, 0.3) is 0 Å². The lowest BCUT2D eigenvalue weighted by Gasteiger charge is -2.31. The quantitative estimate of drug-likeness (QED) is 0.757. The first-order valence-corrected chi connectivity index (χ1v) is 6.38. The largest absolute Gasteiger partial charge is 0.448 e. The highest BCUT2D eigenvalue weighted by Gasteiger charge is 2.25. The molecule has 1 aromatic rings. The first kappa shape index (κ1) is 15.5. The number of aliphatic hydroxyl groups is 1. The number of nitrogens with zero attached hydrogens (tertiary/aromatic N) is 1. The number of aliphatic hydroxyl groups excluding tert-OH is 1. The van der Waals surface area contributed by atoms with E-state index < -0.39 is 0 Å². The normalized spacial score (nSPS) is 13.1. The van der Waals surface area contributed by atoms with E-state index in [1.165, 1.54) is 6.39 Å². The Bertz CT molecular complexity index is 410. The summed E-state index contributed by atoms with van der Waals surface area (Å²) >= 11 is 0. The number of rotatable bonds is 5. The molecule has 0 aliphatic rings. The van der Waals surface area contributed by atoms with Gasteiger partial charge in [-0.2, -0.15) is 0 Å². The minimum Gasteiger partial charge on any atom is -0.448 e. The van der Waals surface area contributed by atoms with Crippen LogP contribution in [0.1, 0.15) is 38.6 Å². The molecule has 0 bridgehead atoms. The lowest BCUT2D eigenvalue weighted by atomic mass is 9.85. The van der Waals surface area contributed by atoms with Crippen molar-refractivity contribution in [2.75, 3.05) is 6.61 Å². The lowest BCUT2D eigenvalue weighted by molar-refractivity contribution is 0.189. The van der Waals surface area contributed by atoms with Crippen LogP contribution in [0.2, 0.25) is 0 Å². The summed E-state index contributed by atoms with van der Waals surface area (Å²) in [7, 11) is 0. The molecular weight excluding hydrogens is 246 g/mol. The summed E-state index contributed by atoms with van der Waals surface area (Å²) in [6, 6.07) is -0.355. The van der Waals surface area contributed by atoms with Crippen LogP contribution in [-0.4, -0.2) is 28.8 Å². The second-order valence-electron chi connectivity index (χ2n) is 5.61. The number of hydrogen-bond acceptors (Lipinski definition) is 4. The maximum absolute atomic E-state index is 11.8. The number of oxazole rings is 1. The van der Waals surface area contributed by atoms with Crippen molar-refractivity contribution in [3.05, 3.63) is 17.8 Å². The number of hydrogen-bond donors (Lipinski definition) is 3. The molecule has 0 radical (unpaired) electrons. The number of amides is 2. The summed E-state index contributed by atoms with van der Waals surface area (Å²) in [5, 5.41) is 14.6. The molecule has 0 aromatic carbocycles. The van der Waals surface area contributed by atoms with Crippen molar-refractivity contribution in [2.45, 2.75) is 46.7 Å². The molecule has 1 atom stereocenters. The SMILES string of the molecule is Cc1ocnc1CNC(=O)N[C@H](CCO)C(C)(C)C. The summed E-state index contributed by atoms with van der Waals surface area (Å²) < 4.78 is 5.05. The van der Waals surface area contributed by atoms with Crippen molar-refractivity contribution < 1.29 is 14.3 Å². The molecule has 3 N–H and O–H groups in total. The molecule has 0 fully saturated rings. The van der Waals surface area contributed by atoms with Crippen molar-refractivity contribution >= 4 is 6.03 Å². The van der Waals surface area contributed by atoms with Gasteiger partial charge in [-0.05, 0) is 18.8 Å².